The number of benzene rings is 9. The lowest BCUT2D eigenvalue weighted by Gasteiger charge is -2.12. The van der Waals surface area contributed by atoms with Gasteiger partial charge in [0.15, 0.2) is 17.5 Å². The molecule has 0 aliphatic carbocycles. The van der Waals surface area contributed by atoms with E-state index < -0.39 is 0 Å². The Morgan fingerprint density at radius 3 is 1.67 bits per heavy atom. The molecule has 0 atom stereocenters. The van der Waals surface area contributed by atoms with E-state index in [0.29, 0.717) is 17.5 Å². The highest BCUT2D eigenvalue weighted by Crippen LogP contribution is 2.41. The predicted molar refractivity (Wildman–Crippen MR) is 227 cm³/mol. The Morgan fingerprint density at radius 1 is 0.291 bits per heavy atom. The van der Waals surface area contributed by atoms with Gasteiger partial charge in [-0.3, -0.25) is 0 Å². The highest BCUT2D eigenvalue weighted by Gasteiger charge is 2.20. The largest absolute Gasteiger partial charge is 0.456 e. The van der Waals surface area contributed by atoms with Crippen molar-refractivity contribution in [3.63, 3.8) is 0 Å². The van der Waals surface area contributed by atoms with Crippen LogP contribution in [0.1, 0.15) is 0 Å². The van der Waals surface area contributed by atoms with Crippen molar-refractivity contribution in [2.24, 2.45) is 0 Å². The molecule has 0 saturated heterocycles. The van der Waals surface area contributed by atoms with Gasteiger partial charge in [0.2, 0.25) is 0 Å². The van der Waals surface area contributed by atoms with E-state index in [9.17, 15) is 0 Å². The maximum atomic E-state index is 6.56. The molecule has 0 unspecified atom stereocenters. The maximum Gasteiger partial charge on any atom is 0.164 e. The van der Waals surface area contributed by atoms with E-state index in [0.717, 1.165) is 60.7 Å². The SMILES string of the molecule is c1ccc(-c2cccc(-c3cc(-c4nc(-c5ccccc5)nc(-c5ccc6c(ccc7c8ccccc8ccc67)c5)n4)c4c(c3)oc3ccccc34)c2)cc1. The van der Waals surface area contributed by atoms with Crippen molar-refractivity contribution in [3.8, 4) is 56.4 Å². The van der Waals surface area contributed by atoms with Crippen molar-refractivity contribution in [3.05, 3.63) is 188 Å². The van der Waals surface area contributed by atoms with Crippen LogP contribution in [0, 0.1) is 0 Å². The third-order valence-corrected chi connectivity index (χ3v) is 10.7. The molecule has 0 radical (unpaired) electrons. The van der Waals surface area contributed by atoms with Crippen LogP contribution in [-0.4, -0.2) is 15.0 Å². The first-order valence-electron chi connectivity index (χ1n) is 18.5. The lowest BCUT2D eigenvalue weighted by Crippen LogP contribution is -2.00. The van der Waals surface area contributed by atoms with Crippen molar-refractivity contribution in [2.75, 3.05) is 0 Å². The number of aromatic nitrogens is 3. The molecular formula is C51H31N3O. The van der Waals surface area contributed by atoms with Gasteiger partial charge in [0.05, 0.1) is 0 Å². The zero-order valence-corrected chi connectivity index (χ0v) is 29.6. The number of hydrogen-bond acceptors (Lipinski definition) is 4. The van der Waals surface area contributed by atoms with Gasteiger partial charge in [-0.1, -0.05) is 158 Å². The minimum atomic E-state index is 0.589. The molecule has 9 aromatic carbocycles. The highest BCUT2D eigenvalue weighted by atomic mass is 16.3. The topological polar surface area (TPSA) is 51.8 Å². The number of hydrogen-bond donors (Lipinski definition) is 0. The van der Waals surface area contributed by atoms with Gasteiger partial charge in [-0.25, -0.2) is 15.0 Å². The number of rotatable bonds is 5. The van der Waals surface area contributed by atoms with Crippen molar-refractivity contribution >= 4 is 54.3 Å². The fourth-order valence-electron chi connectivity index (χ4n) is 8.02. The third kappa shape index (κ3) is 5.34. The summed E-state index contributed by atoms with van der Waals surface area (Å²) in [5.74, 6) is 1.82. The van der Waals surface area contributed by atoms with Crippen LogP contribution in [0.15, 0.2) is 192 Å². The van der Waals surface area contributed by atoms with Crippen molar-refractivity contribution in [1.29, 1.82) is 0 Å². The average molecular weight is 702 g/mol. The molecule has 0 saturated carbocycles. The summed E-state index contributed by atoms with van der Waals surface area (Å²) < 4.78 is 6.56. The van der Waals surface area contributed by atoms with Crippen LogP contribution in [-0.2, 0) is 0 Å². The van der Waals surface area contributed by atoms with Crippen molar-refractivity contribution in [1.82, 2.24) is 15.0 Å². The van der Waals surface area contributed by atoms with Gasteiger partial charge in [0.25, 0.3) is 0 Å². The van der Waals surface area contributed by atoms with E-state index in [1.165, 1.54) is 32.5 Å². The molecule has 0 N–H and O–H groups in total. The van der Waals surface area contributed by atoms with Crippen LogP contribution in [0.25, 0.3) is 111 Å². The molecule has 55 heavy (non-hydrogen) atoms. The second-order valence-corrected chi connectivity index (χ2v) is 14.0. The molecule has 0 fully saturated rings. The van der Waals surface area contributed by atoms with Crippen LogP contribution in [0.5, 0.6) is 0 Å². The Labute approximate surface area is 317 Å². The predicted octanol–water partition coefficient (Wildman–Crippen LogP) is 13.6. The Balaban J connectivity index is 1.13. The minimum Gasteiger partial charge on any atom is -0.456 e. The van der Waals surface area contributed by atoms with Gasteiger partial charge in [-0.2, -0.15) is 0 Å². The van der Waals surface area contributed by atoms with E-state index in [4.69, 9.17) is 19.4 Å². The lowest BCUT2D eigenvalue weighted by molar-refractivity contribution is 0.669. The Morgan fingerprint density at radius 2 is 0.873 bits per heavy atom. The molecule has 2 heterocycles. The molecule has 0 spiro atoms. The van der Waals surface area contributed by atoms with Crippen LogP contribution in [0.4, 0.5) is 0 Å². The van der Waals surface area contributed by atoms with Crippen LogP contribution in [0.2, 0.25) is 0 Å². The molecule has 0 amide bonds. The monoisotopic (exact) mass is 701 g/mol. The summed E-state index contributed by atoms with van der Waals surface area (Å²) >= 11 is 0. The number of para-hydroxylation sites is 1. The van der Waals surface area contributed by atoms with Gasteiger partial charge in [0, 0.05) is 27.5 Å². The molecule has 4 nitrogen and oxygen atoms in total. The molecule has 256 valence electrons. The fourth-order valence-corrected chi connectivity index (χ4v) is 8.02. The minimum absolute atomic E-state index is 0.589. The lowest BCUT2D eigenvalue weighted by atomic mass is 9.95. The van der Waals surface area contributed by atoms with Crippen LogP contribution >= 0.6 is 0 Å². The summed E-state index contributed by atoms with van der Waals surface area (Å²) in [6, 6.07) is 65.8. The first kappa shape index (κ1) is 31.1. The van der Waals surface area contributed by atoms with Gasteiger partial charge in [0.1, 0.15) is 11.2 Å². The zero-order chi connectivity index (χ0) is 36.3. The molecule has 11 aromatic rings. The second-order valence-electron chi connectivity index (χ2n) is 14.0. The summed E-state index contributed by atoms with van der Waals surface area (Å²) in [7, 11) is 0. The quantitative estimate of drug-likeness (QED) is 0.168. The van der Waals surface area contributed by atoms with E-state index in [-0.39, 0.29) is 0 Å². The van der Waals surface area contributed by atoms with Gasteiger partial charge in [-0.05, 0) is 84.9 Å². The van der Waals surface area contributed by atoms with Gasteiger partial charge < -0.3 is 4.42 Å². The smallest absolute Gasteiger partial charge is 0.164 e. The normalized spacial score (nSPS) is 11.6. The van der Waals surface area contributed by atoms with Crippen LogP contribution < -0.4 is 0 Å². The summed E-state index contributed by atoms with van der Waals surface area (Å²) in [5.41, 5.74) is 8.76. The molecule has 0 aliphatic rings. The number of furan rings is 1. The first-order valence-corrected chi connectivity index (χ1v) is 18.5. The molecule has 4 heteroatoms. The molecule has 0 aliphatic heterocycles. The molecule has 11 rings (SSSR count). The zero-order valence-electron chi connectivity index (χ0n) is 29.6. The fraction of sp³-hybridized carbons (Fsp3) is 0. The summed E-state index contributed by atoms with van der Waals surface area (Å²) in [5, 5.41) is 9.30. The Kier molecular flexibility index (Phi) is 7.14. The third-order valence-electron chi connectivity index (χ3n) is 10.7. The summed E-state index contributed by atoms with van der Waals surface area (Å²) in [6.45, 7) is 0. The molecule has 0 bridgehead atoms. The van der Waals surface area contributed by atoms with E-state index in [1.54, 1.807) is 0 Å². The summed E-state index contributed by atoms with van der Waals surface area (Å²) in [6.07, 6.45) is 0. The van der Waals surface area contributed by atoms with Gasteiger partial charge >= 0.3 is 0 Å². The maximum absolute atomic E-state index is 6.56. The van der Waals surface area contributed by atoms with Gasteiger partial charge in [-0.15, -0.1) is 0 Å². The number of nitrogens with zero attached hydrogens (tertiary/aromatic N) is 3. The highest BCUT2D eigenvalue weighted by molar-refractivity contribution is 6.17. The van der Waals surface area contributed by atoms with E-state index >= 15 is 0 Å². The summed E-state index contributed by atoms with van der Waals surface area (Å²) in [4.78, 5) is 15.6. The first-order chi connectivity index (χ1) is 27.2. The van der Waals surface area contributed by atoms with E-state index in [2.05, 4.69) is 133 Å². The van der Waals surface area contributed by atoms with E-state index in [1.807, 2.05) is 54.6 Å². The van der Waals surface area contributed by atoms with Crippen molar-refractivity contribution < 1.29 is 4.42 Å². The van der Waals surface area contributed by atoms with Crippen molar-refractivity contribution in [2.45, 2.75) is 0 Å². The Bertz CT molecular complexity index is 3260. The molecular weight excluding hydrogens is 671 g/mol. The number of fused-ring (bicyclic) bond motifs is 8. The Hall–Kier alpha value is -7.43. The van der Waals surface area contributed by atoms with Crippen LogP contribution in [0.3, 0.4) is 0 Å². The molecule has 2 aromatic heterocycles. The second kappa shape index (κ2) is 12.6. The standard InChI is InChI=1S/C51H31N3O/c1-3-12-32(13-4-1)35-17-11-18-36(28-35)39-30-45(48-44-20-9-10-21-46(44)55-47(48)31-39)51-53-49(34-15-5-2-6-16-34)52-50(54-51)38-24-25-41-37(29-38)23-27-42-40-19-8-7-14-33(40)22-26-43(41)42/h1-31H. The average Bonchev–Trinajstić information content (AvgIpc) is 3.65.